The number of piperazine rings is 1. The smallest absolute Gasteiger partial charge is 0.336 e. The van der Waals surface area contributed by atoms with Crippen molar-refractivity contribution in [3.8, 4) is 17.1 Å². The van der Waals surface area contributed by atoms with Crippen LogP contribution in [0.5, 0.6) is 5.75 Å². The van der Waals surface area contributed by atoms with Crippen molar-refractivity contribution in [1.29, 1.82) is 0 Å². The van der Waals surface area contributed by atoms with E-state index in [0.29, 0.717) is 36.8 Å². The van der Waals surface area contributed by atoms with Gasteiger partial charge < -0.3 is 14.0 Å². The number of nitrogens with zero attached hydrogens (tertiary/aromatic N) is 4. The third kappa shape index (κ3) is 4.60. The molecule has 3 heterocycles. The van der Waals surface area contributed by atoms with Crippen LogP contribution in [0.1, 0.15) is 29.5 Å². The summed E-state index contributed by atoms with van der Waals surface area (Å²) >= 11 is 0. The molecule has 4 aromatic rings. The highest BCUT2D eigenvalue weighted by Crippen LogP contribution is 2.28. The Labute approximate surface area is 197 Å². The first kappa shape index (κ1) is 22.3. The fourth-order valence-electron chi connectivity index (χ4n) is 4.51. The molecule has 8 nitrogen and oxygen atoms in total. The fourth-order valence-corrected chi connectivity index (χ4v) is 4.51. The molecule has 0 amide bonds. The number of phenols is 1. The van der Waals surface area contributed by atoms with Crippen LogP contribution in [-0.2, 0) is 19.5 Å². The number of rotatable bonds is 6. The lowest BCUT2D eigenvalue weighted by Gasteiger charge is -2.34. The van der Waals surface area contributed by atoms with E-state index in [4.69, 9.17) is 8.94 Å². The summed E-state index contributed by atoms with van der Waals surface area (Å²) in [6, 6.07) is 13.1. The largest absolute Gasteiger partial charge is 0.508 e. The zero-order valence-electron chi connectivity index (χ0n) is 19.5. The maximum atomic E-state index is 12.1. The molecule has 0 atom stereocenters. The molecule has 0 unspecified atom stereocenters. The van der Waals surface area contributed by atoms with Crippen LogP contribution >= 0.6 is 0 Å². The third-order valence-electron chi connectivity index (χ3n) is 6.48. The summed E-state index contributed by atoms with van der Waals surface area (Å²) in [5, 5.41) is 15.2. The minimum absolute atomic E-state index is 0.163. The topological polar surface area (TPSA) is 95.8 Å². The molecule has 0 spiro atoms. The molecular weight excluding hydrogens is 432 g/mol. The summed E-state index contributed by atoms with van der Waals surface area (Å²) < 4.78 is 10.8. The van der Waals surface area contributed by atoms with Gasteiger partial charge in [-0.05, 0) is 36.1 Å². The van der Waals surface area contributed by atoms with Gasteiger partial charge in [0.1, 0.15) is 11.3 Å². The first-order valence-electron chi connectivity index (χ1n) is 11.6. The van der Waals surface area contributed by atoms with Gasteiger partial charge in [-0.25, -0.2) is 4.79 Å². The standard InChI is InChI=1S/C26H28N4O4/c1-3-18-12-21-19(13-25(32)33-23(21)14-22(18)31)15-29-8-10-30(11-9-29)16-24-27-26(28-34-24)20-7-5-4-6-17(20)2/h4-7,12-14,31H,3,8-11,15-16H2,1-2H3. The number of benzene rings is 2. The number of hydrogen-bond donors (Lipinski definition) is 1. The summed E-state index contributed by atoms with van der Waals surface area (Å²) in [6.07, 6.45) is 0.709. The molecule has 1 saturated heterocycles. The van der Waals surface area contributed by atoms with E-state index in [-0.39, 0.29) is 5.75 Å². The second-order valence-corrected chi connectivity index (χ2v) is 8.80. The van der Waals surface area contributed by atoms with Crippen molar-refractivity contribution in [2.24, 2.45) is 0 Å². The fraction of sp³-hybridized carbons (Fsp3) is 0.346. The molecule has 8 heteroatoms. The Kier molecular flexibility index (Phi) is 6.17. The molecule has 0 saturated carbocycles. The van der Waals surface area contributed by atoms with Gasteiger partial charge >= 0.3 is 5.63 Å². The van der Waals surface area contributed by atoms with Crippen molar-refractivity contribution in [2.75, 3.05) is 26.2 Å². The second-order valence-electron chi connectivity index (χ2n) is 8.80. The zero-order chi connectivity index (χ0) is 23.7. The molecule has 0 bridgehead atoms. The minimum Gasteiger partial charge on any atom is -0.508 e. The van der Waals surface area contributed by atoms with E-state index in [1.54, 1.807) is 12.1 Å². The Hall–Kier alpha value is -3.49. The van der Waals surface area contributed by atoms with Gasteiger partial charge in [0.25, 0.3) is 0 Å². The van der Waals surface area contributed by atoms with Gasteiger partial charge in [0.2, 0.25) is 11.7 Å². The number of aryl methyl sites for hydroxylation is 2. The lowest BCUT2D eigenvalue weighted by Crippen LogP contribution is -2.45. The van der Waals surface area contributed by atoms with Crippen molar-refractivity contribution in [3.05, 3.63) is 75.5 Å². The molecule has 1 fully saturated rings. The Morgan fingerprint density at radius 3 is 2.47 bits per heavy atom. The number of aromatic hydroxyl groups is 1. The van der Waals surface area contributed by atoms with E-state index >= 15 is 0 Å². The second kappa shape index (κ2) is 9.40. The van der Waals surface area contributed by atoms with Crippen molar-refractivity contribution in [1.82, 2.24) is 19.9 Å². The van der Waals surface area contributed by atoms with Crippen LogP contribution in [0, 0.1) is 6.92 Å². The number of hydrogen-bond acceptors (Lipinski definition) is 8. The summed E-state index contributed by atoms with van der Waals surface area (Å²) in [5.41, 5.74) is 3.90. The first-order chi connectivity index (χ1) is 16.5. The van der Waals surface area contributed by atoms with E-state index in [2.05, 4.69) is 19.9 Å². The molecule has 34 heavy (non-hydrogen) atoms. The van der Waals surface area contributed by atoms with Crippen molar-refractivity contribution >= 4 is 11.0 Å². The van der Waals surface area contributed by atoms with E-state index < -0.39 is 5.63 Å². The van der Waals surface area contributed by atoms with Crippen molar-refractivity contribution in [2.45, 2.75) is 33.4 Å². The van der Waals surface area contributed by atoms with Crippen LogP contribution in [0.15, 0.2) is 56.2 Å². The molecule has 0 radical (unpaired) electrons. The van der Waals surface area contributed by atoms with E-state index in [0.717, 1.165) is 53.8 Å². The Morgan fingerprint density at radius 2 is 1.74 bits per heavy atom. The predicted octanol–water partition coefficient (Wildman–Crippen LogP) is 3.74. The van der Waals surface area contributed by atoms with Gasteiger partial charge in [0.15, 0.2) is 0 Å². The highest BCUT2D eigenvalue weighted by atomic mass is 16.5. The maximum absolute atomic E-state index is 12.1. The SMILES string of the molecule is CCc1cc2c(CN3CCN(Cc4nc(-c5ccccc5C)no4)CC3)cc(=O)oc2cc1O. The zero-order valence-corrected chi connectivity index (χ0v) is 19.5. The summed E-state index contributed by atoms with van der Waals surface area (Å²) in [5.74, 6) is 1.40. The van der Waals surface area contributed by atoms with Gasteiger partial charge in [-0.2, -0.15) is 4.98 Å². The number of fused-ring (bicyclic) bond motifs is 1. The number of phenolic OH excluding ortho intramolecular Hbond substituents is 1. The first-order valence-corrected chi connectivity index (χ1v) is 11.6. The third-order valence-corrected chi connectivity index (χ3v) is 6.48. The molecular formula is C26H28N4O4. The van der Waals surface area contributed by atoms with Gasteiger partial charge in [-0.15, -0.1) is 0 Å². The molecule has 1 N–H and O–H groups in total. The lowest BCUT2D eigenvalue weighted by atomic mass is 10.0. The van der Waals surface area contributed by atoms with Gasteiger partial charge in [-0.1, -0.05) is 36.3 Å². The molecule has 5 rings (SSSR count). The monoisotopic (exact) mass is 460 g/mol. The quantitative estimate of drug-likeness (QED) is 0.435. The number of aromatic nitrogens is 2. The molecule has 2 aromatic carbocycles. The average molecular weight is 461 g/mol. The van der Waals surface area contributed by atoms with Crippen LogP contribution in [0.3, 0.4) is 0 Å². The average Bonchev–Trinajstić information content (AvgIpc) is 3.28. The molecule has 1 aliphatic heterocycles. The Bertz CT molecular complexity index is 1370. The molecule has 176 valence electrons. The molecule has 0 aliphatic carbocycles. The summed E-state index contributed by atoms with van der Waals surface area (Å²) in [4.78, 5) is 21.3. The van der Waals surface area contributed by atoms with Crippen molar-refractivity contribution < 1.29 is 14.0 Å². The molecule has 2 aromatic heterocycles. The summed E-state index contributed by atoms with van der Waals surface area (Å²) in [6.45, 7) is 8.75. The minimum atomic E-state index is -0.398. The lowest BCUT2D eigenvalue weighted by molar-refractivity contribution is 0.112. The summed E-state index contributed by atoms with van der Waals surface area (Å²) in [7, 11) is 0. The van der Waals surface area contributed by atoms with Crippen molar-refractivity contribution in [3.63, 3.8) is 0 Å². The highest BCUT2D eigenvalue weighted by molar-refractivity contribution is 5.82. The normalized spacial score (nSPS) is 15.2. The maximum Gasteiger partial charge on any atom is 0.336 e. The Balaban J connectivity index is 1.24. The molecule has 1 aliphatic rings. The van der Waals surface area contributed by atoms with Crippen LogP contribution < -0.4 is 5.63 Å². The van der Waals surface area contributed by atoms with Crippen LogP contribution in [0.25, 0.3) is 22.4 Å². The van der Waals surface area contributed by atoms with Gasteiger partial charge in [-0.3, -0.25) is 9.80 Å². The van der Waals surface area contributed by atoms with Gasteiger partial charge in [0.05, 0.1) is 6.54 Å². The Morgan fingerprint density at radius 1 is 1.00 bits per heavy atom. The predicted molar refractivity (Wildman–Crippen MR) is 129 cm³/mol. The highest BCUT2D eigenvalue weighted by Gasteiger charge is 2.21. The van der Waals surface area contributed by atoms with E-state index in [1.165, 1.54) is 0 Å². The van der Waals surface area contributed by atoms with Crippen LogP contribution in [0.4, 0.5) is 0 Å². The van der Waals surface area contributed by atoms with E-state index in [1.807, 2.05) is 44.2 Å². The van der Waals surface area contributed by atoms with E-state index in [9.17, 15) is 9.90 Å². The van der Waals surface area contributed by atoms with Crippen LogP contribution in [0.2, 0.25) is 0 Å². The van der Waals surface area contributed by atoms with Gasteiger partial charge in [0, 0.05) is 55.8 Å². The van der Waals surface area contributed by atoms with Crippen LogP contribution in [-0.4, -0.2) is 51.2 Å².